The average Bonchev–Trinajstić information content (AvgIpc) is 3.71. The Labute approximate surface area is 223 Å². The first-order valence-electron chi connectivity index (χ1n) is 12.4. The standard InChI is InChI=1S/C27H28FN5O5S/c1-15-8-11-21(20(28)12-15)30-24-22-23(16(2)25(34)31(24)4)32(27(36)33(26(22)35)18-9-10-18)19-7-5-6-17(13-19)14-39(37,38)29-3/h5-8,11-13,18,29-30H,9-10,14H2,1-4H3. The fourth-order valence-electron chi connectivity index (χ4n) is 4.78. The summed E-state index contributed by atoms with van der Waals surface area (Å²) >= 11 is 0. The van der Waals surface area contributed by atoms with Crippen LogP contribution in [0.1, 0.15) is 35.6 Å². The number of anilines is 2. The van der Waals surface area contributed by atoms with Crippen molar-refractivity contribution in [2.45, 2.75) is 38.5 Å². The van der Waals surface area contributed by atoms with Crippen LogP contribution in [-0.4, -0.2) is 29.2 Å². The van der Waals surface area contributed by atoms with Crippen LogP contribution in [0.4, 0.5) is 15.9 Å². The molecule has 2 N–H and O–H groups in total. The third-order valence-corrected chi connectivity index (χ3v) is 8.30. The fourth-order valence-corrected chi connectivity index (χ4v) is 5.54. The first-order valence-corrected chi connectivity index (χ1v) is 14.0. The summed E-state index contributed by atoms with van der Waals surface area (Å²) in [5, 5.41) is 2.98. The molecule has 0 bridgehead atoms. The van der Waals surface area contributed by atoms with Crippen molar-refractivity contribution >= 4 is 32.4 Å². The summed E-state index contributed by atoms with van der Waals surface area (Å²) in [5.41, 5.74) is -0.00551. The molecule has 39 heavy (non-hydrogen) atoms. The zero-order valence-electron chi connectivity index (χ0n) is 21.9. The highest BCUT2D eigenvalue weighted by Gasteiger charge is 2.31. The number of benzene rings is 2. The largest absolute Gasteiger partial charge is 0.338 e. The molecule has 0 radical (unpaired) electrons. The second-order valence-corrected chi connectivity index (χ2v) is 11.8. The maximum Gasteiger partial charge on any atom is 0.336 e. The highest BCUT2D eigenvalue weighted by atomic mass is 32.2. The highest BCUT2D eigenvalue weighted by Crippen LogP contribution is 2.34. The molecule has 0 saturated heterocycles. The van der Waals surface area contributed by atoms with Gasteiger partial charge in [0.25, 0.3) is 11.1 Å². The maximum absolute atomic E-state index is 14.8. The normalized spacial score (nSPS) is 13.7. The number of aryl methyl sites for hydroxylation is 2. The molecule has 10 nitrogen and oxygen atoms in total. The molecule has 2 aromatic heterocycles. The van der Waals surface area contributed by atoms with Crippen LogP contribution in [-0.2, 0) is 22.8 Å². The Bertz CT molecular complexity index is 1940. The number of hydrogen-bond donors (Lipinski definition) is 2. The summed E-state index contributed by atoms with van der Waals surface area (Å²) in [6.07, 6.45) is 1.28. The van der Waals surface area contributed by atoms with Crippen LogP contribution in [0.3, 0.4) is 0 Å². The number of nitrogens with one attached hydrogen (secondary N) is 2. The Kier molecular flexibility index (Phi) is 6.55. The van der Waals surface area contributed by atoms with Gasteiger partial charge in [0, 0.05) is 18.7 Å². The second kappa shape index (κ2) is 9.62. The Morgan fingerprint density at radius 2 is 1.74 bits per heavy atom. The molecule has 0 spiro atoms. The van der Waals surface area contributed by atoms with Crippen LogP contribution < -0.4 is 26.8 Å². The van der Waals surface area contributed by atoms with E-state index in [1.54, 1.807) is 37.3 Å². The topological polar surface area (TPSA) is 124 Å². The lowest BCUT2D eigenvalue weighted by Crippen LogP contribution is -2.41. The van der Waals surface area contributed by atoms with Gasteiger partial charge in [-0.15, -0.1) is 0 Å². The zero-order chi connectivity index (χ0) is 28.2. The molecule has 0 amide bonds. The minimum absolute atomic E-state index is 0.0467. The Balaban J connectivity index is 1.88. The molecule has 204 valence electrons. The Morgan fingerprint density at radius 3 is 2.38 bits per heavy atom. The van der Waals surface area contributed by atoms with Crippen LogP contribution in [0.5, 0.6) is 0 Å². The van der Waals surface area contributed by atoms with Crippen molar-refractivity contribution in [1.82, 2.24) is 18.4 Å². The molecule has 1 aliphatic carbocycles. The van der Waals surface area contributed by atoms with Crippen LogP contribution in [0.15, 0.2) is 56.8 Å². The lowest BCUT2D eigenvalue weighted by Gasteiger charge is -2.21. The van der Waals surface area contributed by atoms with E-state index in [0.29, 0.717) is 29.7 Å². The molecule has 5 rings (SSSR count). The van der Waals surface area contributed by atoms with E-state index in [1.807, 2.05) is 0 Å². The van der Waals surface area contributed by atoms with E-state index in [1.165, 1.54) is 46.9 Å². The zero-order valence-corrected chi connectivity index (χ0v) is 22.7. The maximum atomic E-state index is 14.8. The van der Waals surface area contributed by atoms with Crippen LogP contribution in [0.25, 0.3) is 16.6 Å². The molecule has 0 aliphatic heterocycles. The predicted molar refractivity (Wildman–Crippen MR) is 148 cm³/mol. The monoisotopic (exact) mass is 553 g/mol. The first kappa shape index (κ1) is 26.6. The van der Waals surface area contributed by atoms with Crippen molar-refractivity contribution in [1.29, 1.82) is 0 Å². The molecule has 4 aromatic rings. The van der Waals surface area contributed by atoms with Crippen molar-refractivity contribution in [2.75, 3.05) is 12.4 Å². The van der Waals surface area contributed by atoms with Crippen LogP contribution in [0, 0.1) is 19.7 Å². The quantitative estimate of drug-likeness (QED) is 0.363. The van der Waals surface area contributed by atoms with E-state index in [2.05, 4.69) is 10.0 Å². The minimum atomic E-state index is -3.60. The lowest BCUT2D eigenvalue weighted by molar-refractivity contribution is 0.587. The van der Waals surface area contributed by atoms with Gasteiger partial charge in [-0.25, -0.2) is 22.3 Å². The molecule has 2 aromatic carbocycles. The highest BCUT2D eigenvalue weighted by molar-refractivity contribution is 7.88. The summed E-state index contributed by atoms with van der Waals surface area (Å²) in [7, 11) is -0.815. The predicted octanol–water partition coefficient (Wildman–Crippen LogP) is 2.73. The van der Waals surface area contributed by atoms with Gasteiger partial charge in [-0.05, 0) is 69.1 Å². The summed E-state index contributed by atoms with van der Waals surface area (Å²) in [6, 6.07) is 10.6. The minimum Gasteiger partial charge on any atom is -0.338 e. The SMILES string of the molecule is CNS(=O)(=O)Cc1cccc(-n2c(=O)n(C3CC3)c(=O)c3c(Nc4ccc(C)cc4F)n(C)c(=O)c(C)c32)c1. The third kappa shape index (κ3) is 4.70. The van der Waals surface area contributed by atoms with E-state index in [-0.39, 0.29) is 39.8 Å². The Morgan fingerprint density at radius 1 is 1.03 bits per heavy atom. The Hall–Kier alpha value is -4.03. The summed E-state index contributed by atoms with van der Waals surface area (Å²) in [6.45, 7) is 3.26. The number of rotatable bonds is 7. The van der Waals surface area contributed by atoms with Gasteiger partial charge in [-0.3, -0.25) is 23.3 Å². The number of fused-ring (bicyclic) bond motifs is 1. The van der Waals surface area contributed by atoms with Crippen molar-refractivity contribution in [3.05, 3.63) is 96.2 Å². The van der Waals surface area contributed by atoms with Gasteiger partial charge in [-0.1, -0.05) is 18.2 Å². The van der Waals surface area contributed by atoms with Crippen LogP contribution in [0.2, 0.25) is 0 Å². The number of sulfonamides is 1. The van der Waals surface area contributed by atoms with Crippen molar-refractivity contribution < 1.29 is 12.8 Å². The molecule has 0 unspecified atom stereocenters. The number of nitrogens with zero attached hydrogens (tertiary/aromatic N) is 3. The van der Waals surface area contributed by atoms with E-state index < -0.39 is 32.6 Å². The lowest BCUT2D eigenvalue weighted by atomic mass is 10.1. The molecule has 2 heterocycles. The molecule has 1 aliphatic rings. The van der Waals surface area contributed by atoms with Gasteiger partial charge in [0.1, 0.15) is 17.0 Å². The van der Waals surface area contributed by atoms with Gasteiger partial charge in [-0.2, -0.15) is 0 Å². The number of pyridine rings is 1. The smallest absolute Gasteiger partial charge is 0.336 e. The van der Waals surface area contributed by atoms with Gasteiger partial charge in [0.15, 0.2) is 0 Å². The van der Waals surface area contributed by atoms with E-state index in [4.69, 9.17) is 0 Å². The molecular formula is C27H28FN5O5S. The summed E-state index contributed by atoms with van der Waals surface area (Å²) in [4.78, 5) is 41.1. The van der Waals surface area contributed by atoms with Crippen molar-refractivity contribution in [3.63, 3.8) is 0 Å². The molecule has 1 saturated carbocycles. The number of aromatic nitrogens is 3. The second-order valence-electron chi connectivity index (χ2n) is 9.83. The third-order valence-electron chi connectivity index (χ3n) is 6.97. The molecule has 0 atom stereocenters. The van der Waals surface area contributed by atoms with Crippen molar-refractivity contribution in [3.8, 4) is 5.69 Å². The molecule has 1 fully saturated rings. The van der Waals surface area contributed by atoms with Gasteiger partial charge in [0.2, 0.25) is 10.0 Å². The van der Waals surface area contributed by atoms with Crippen LogP contribution >= 0.6 is 0 Å². The number of hydrogen-bond acceptors (Lipinski definition) is 6. The van der Waals surface area contributed by atoms with Crippen molar-refractivity contribution in [2.24, 2.45) is 7.05 Å². The van der Waals surface area contributed by atoms with E-state index in [9.17, 15) is 27.2 Å². The molecular weight excluding hydrogens is 525 g/mol. The van der Waals surface area contributed by atoms with Gasteiger partial charge < -0.3 is 5.32 Å². The van der Waals surface area contributed by atoms with E-state index in [0.717, 1.165) is 0 Å². The summed E-state index contributed by atoms with van der Waals surface area (Å²) in [5.74, 6) is -0.845. The first-order chi connectivity index (χ1) is 18.4. The van der Waals surface area contributed by atoms with Gasteiger partial charge >= 0.3 is 5.69 Å². The fraction of sp³-hybridized carbons (Fsp3) is 0.296. The number of halogens is 1. The average molecular weight is 554 g/mol. The molecule has 12 heteroatoms. The summed E-state index contributed by atoms with van der Waals surface area (Å²) < 4.78 is 45.2. The van der Waals surface area contributed by atoms with E-state index >= 15 is 0 Å². The van der Waals surface area contributed by atoms with Gasteiger partial charge in [0.05, 0.1) is 22.6 Å².